The molecule has 0 aliphatic heterocycles. The van der Waals surface area contributed by atoms with E-state index in [1.165, 1.54) is 0 Å². The Morgan fingerprint density at radius 2 is 1.44 bits per heavy atom. The van der Waals surface area contributed by atoms with Crippen LogP contribution < -0.4 is 9.47 Å². The number of hydrogen-bond acceptors (Lipinski definition) is 4. The van der Waals surface area contributed by atoms with Crippen LogP contribution in [-0.2, 0) is 4.74 Å². The summed E-state index contributed by atoms with van der Waals surface area (Å²) >= 11 is 0. The number of esters is 1. The molecule has 2 rings (SSSR count). The molecule has 0 saturated heterocycles. The lowest BCUT2D eigenvalue weighted by Crippen LogP contribution is -2.12. The Kier molecular flexibility index (Phi) is 6.45. The van der Waals surface area contributed by atoms with Crippen molar-refractivity contribution in [3.05, 3.63) is 48.0 Å². The minimum Gasteiger partial charge on any atom is -0.490 e. The van der Waals surface area contributed by atoms with Crippen LogP contribution in [0.15, 0.2) is 42.5 Å². The highest BCUT2D eigenvalue weighted by molar-refractivity contribution is 5.99. The minimum absolute atomic E-state index is 0.00260. The SMILES string of the molecule is CCOC(=O)c1ccccc1-c1c(OC(C)C)cccc1OC(C)C. The monoisotopic (exact) mass is 342 g/mol. The molecule has 0 unspecified atom stereocenters. The predicted octanol–water partition coefficient (Wildman–Crippen LogP) is 5.10. The zero-order chi connectivity index (χ0) is 18.4. The van der Waals surface area contributed by atoms with Crippen LogP contribution >= 0.6 is 0 Å². The molecule has 134 valence electrons. The van der Waals surface area contributed by atoms with Gasteiger partial charge in [-0.15, -0.1) is 0 Å². The minimum atomic E-state index is -0.354. The summed E-state index contributed by atoms with van der Waals surface area (Å²) in [4.78, 5) is 12.4. The van der Waals surface area contributed by atoms with Gasteiger partial charge in [0, 0.05) is 5.56 Å². The summed E-state index contributed by atoms with van der Waals surface area (Å²) in [6.07, 6.45) is 0.00520. The first-order valence-corrected chi connectivity index (χ1v) is 8.66. The number of rotatable bonds is 7. The number of hydrogen-bond donors (Lipinski definition) is 0. The molecule has 0 aliphatic rings. The van der Waals surface area contributed by atoms with Gasteiger partial charge in [0.2, 0.25) is 0 Å². The van der Waals surface area contributed by atoms with Gasteiger partial charge in [0.05, 0.1) is 29.9 Å². The van der Waals surface area contributed by atoms with Crippen LogP contribution in [-0.4, -0.2) is 24.8 Å². The van der Waals surface area contributed by atoms with Gasteiger partial charge in [-0.1, -0.05) is 24.3 Å². The lowest BCUT2D eigenvalue weighted by molar-refractivity contribution is 0.0527. The van der Waals surface area contributed by atoms with E-state index < -0.39 is 0 Å². The topological polar surface area (TPSA) is 44.8 Å². The number of benzene rings is 2. The smallest absolute Gasteiger partial charge is 0.338 e. The molecule has 0 bridgehead atoms. The van der Waals surface area contributed by atoms with Gasteiger partial charge < -0.3 is 14.2 Å². The van der Waals surface area contributed by atoms with Crippen molar-refractivity contribution < 1.29 is 19.0 Å². The molecule has 0 aromatic heterocycles. The van der Waals surface area contributed by atoms with Crippen molar-refractivity contribution in [3.8, 4) is 22.6 Å². The molecule has 0 heterocycles. The van der Waals surface area contributed by atoms with E-state index in [0.717, 1.165) is 11.1 Å². The fourth-order valence-electron chi connectivity index (χ4n) is 2.57. The van der Waals surface area contributed by atoms with E-state index in [-0.39, 0.29) is 18.2 Å². The van der Waals surface area contributed by atoms with Gasteiger partial charge in [-0.05, 0) is 52.8 Å². The van der Waals surface area contributed by atoms with Crippen LogP contribution in [0.5, 0.6) is 11.5 Å². The van der Waals surface area contributed by atoms with Crippen molar-refractivity contribution in [1.29, 1.82) is 0 Å². The summed E-state index contributed by atoms with van der Waals surface area (Å²) in [7, 11) is 0. The van der Waals surface area contributed by atoms with Crippen molar-refractivity contribution in [2.45, 2.75) is 46.8 Å². The molecule has 2 aromatic carbocycles. The van der Waals surface area contributed by atoms with E-state index in [9.17, 15) is 4.79 Å². The molecule has 0 spiro atoms. The highest BCUT2D eigenvalue weighted by Crippen LogP contribution is 2.41. The fourth-order valence-corrected chi connectivity index (χ4v) is 2.57. The number of carbonyl (C=O) groups excluding carboxylic acids is 1. The second kappa shape index (κ2) is 8.56. The molecule has 4 heteroatoms. The first-order valence-electron chi connectivity index (χ1n) is 8.66. The Morgan fingerprint density at radius 1 is 0.880 bits per heavy atom. The van der Waals surface area contributed by atoms with Crippen molar-refractivity contribution in [2.75, 3.05) is 6.61 Å². The molecule has 2 aromatic rings. The van der Waals surface area contributed by atoms with Gasteiger partial charge in [-0.3, -0.25) is 0 Å². The molecule has 0 atom stereocenters. The third kappa shape index (κ3) is 4.75. The van der Waals surface area contributed by atoms with Crippen LogP contribution in [0.2, 0.25) is 0 Å². The number of ether oxygens (including phenoxy) is 3. The Hall–Kier alpha value is -2.49. The van der Waals surface area contributed by atoms with E-state index >= 15 is 0 Å². The molecule has 0 aliphatic carbocycles. The maximum atomic E-state index is 12.4. The largest absolute Gasteiger partial charge is 0.490 e. The van der Waals surface area contributed by atoms with Crippen LogP contribution in [0, 0.1) is 0 Å². The Bertz CT molecular complexity index is 691. The maximum absolute atomic E-state index is 12.4. The van der Waals surface area contributed by atoms with Crippen LogP contribution in [0.1, 0.15) is 45.0 Å². The van der Waals surface area contributed by atoms with Crippen molar-refractivity contribution in [1.82, 2.24) is 0 Å². The average Bonchev–Trinajstić information content (AvgIpc) is 2.54. The van der Waals surface area contributed by atoms with Gasteiger partial charge in [0.1, 0.15) is 11.5 Å². The Balaban J connectivity index is 2.65. The van der Waals surface area contributed by atoms with E-state index in [1.54, 1.807) is 13.0 Å². The molecule has 0 saturated carbocycles. The van der Waals surface area contributed by atoms with Gasteiger partial charge >= 0.3 is 5.97 Å². The normalized spacial score (nSPS) is 10.8. The molecular formula is C21H26O4. The summed E-state index contributed by atoms with van der Waals surface area (Å²) < 4.78 is 17.2. The molecule has 0 amide bonds. The van der Waals surface area contributed by atoms with E-state index in [0.29, 0.717) is 23.7 Å². The summed E-state index contributed by atoms with van der Waals surface area (Å²) in [5.74, 6) is 1.02. The second-order valence-corrected chi connectivity index (χ2v) is 6.23. The summed E-state index contributed by atoms with van der Waals surface area (Å²) in [5.41, 5.74) is 2.01. The summed E-state index contributed by atoms with van der Waals surface area (Å²) in [6, 6.07) is 13.1. The Labute approximate surface area is 149 Å². The standard InChI is InChI=1S/C21H26O4/c1-6-23-21(22)17-11-8-7-10-16(17)20-18(24-14(2)3)12-9-13-19(20)25-15(4)5/h7-15H,6H2,1-5H3. The summed E-state index contributed by atoms with van der Waals surface area (Å²) in [6.45, 7) is 10.00. The number of carbonyl (C=O) groups is 1. The molecule has 25 heavy (non-hydrogen) atoms. The predicted molar refractivity (Wildman–Crippen MR) is 99.4 cm³/mol. The van der Waals surface area contributed by atoms with Gasteiger partial charge in [0.15, 0.2) is 0 Å². The van der Waals surface area contributed by atoms with Crippen LogP contribution in [0.3, 0.4) is 0 Å². The molecule has 4 nitrogen and oxygen atoms in total. The molecular weight excluding hydrogens is 316 g/mol. The van der Waals surface area contributed by atoms with Crippen molar-refractivity contribution in [2.24, 2.45) is 0 Å². The van der Waals surface area contributed by atoms with E-state index in [2.05, 4.69) is 0 Å². The second-order valence-electron chi connectivity index (χ2n) is 6.23. The van der Waals surface area contributed by atoms with Crippen LogP contribution in [0.4, 0.5) is 0 Å². The molecule has 0 N–H and O–H groups in total. The third-order valence-electron chi connectivity index (χ3n) is 3.41. The van der Waals surface area contributed by atoms with Gasteiger partial charge in [-0.25, -0.2) is 4.79 Å². The molecule has 0 radical (unpaired) electrons. The van der Waals surface area contributed by atoms with E-state index in [4.69, 9.17) is 14.2 Å². The Morgan fingerprint density at radius 3 is 1.96 bits per heavy atom. The maximum Gasteiger partial charge on any atom is 0.338 e. The van der Waals surface area contributed by atoms with E-state index in [1.807, 2.05) is 64.1 Å². The van der Waals surface area contributed by atoms with Gasteiger partial charge in [0.25, 0.3) is 0 Å². The third-order valence-corrected chi connectivity index (χ3v) is 3.41. The first-order chi connectivity index (χ1) is 11.9. The van der Waals surface area contributed by atoms with Crippen molar-refractivity contribution >= 4 is 5.97 Å². The highest BCUT2D eigenvalue weighted by Gasteiger charge is 2.21. The lowest BCUT2D eigenvalue weighted by Gasteiger charge is -2.21. The van der Waals surface area contributed by atoms with Gasteiger partial charge in [-0.2, -0.15) is 0 Å². The first kappa shape index (κ1) is 18.8. The zero-order valence-electron chi connectivity index (χ0n) is 15.5. The highest BCUT2D eigenvalue weighted by atomic mass is 16.5. The fraction of sp³-hybridized carbons (Fsp3) is 0.381. The average molecular weight is 342 g/mol. The quantitative estimate of drug-likeness (QED) is 0.656. The zero-order valence-corrected chi connectivity index (χ0v) is 15.5. The lowest BCUT2D eigenvalue weighted by atomic mass is 9.97. The van der Waals surface area contributed by atoms with Crippen molar-refractivity contribution in [3.63, 3.8) is 0 Å². The van der Waals surface area contributed by atoms with Crippen LogP contribution in [0.25, 0.3) is 11.1 Å². The summed E-state index contributed by atoms with van der Waals surface area (Å²) in [5, 5.41) is 0. The molecule has 0 fully saturated rings.